The lowest BCUT2D eigenvalue weighted by atomic mass is 9.85. The van der Waals surface area contributed by atoms with E-state index in [2.05, 4.69) is 5.32 Å². The van der Waals surface area contributed by atoms with Crippen molar-refractivity contribution >= 4 is 0 Å². The molecular formula is C11H21NO. The van der Waals surface area contributed by atoms with Crippen molar-refractivity contribution in [3.8, 4) is 0 Å². The average molecular weight is 183 g/mol. The first-order chi connectivity index (χ1) is 6.45. The monoisotopic (exact) mass is 183 g/mol. The van der Waals surface area contributed by atoms with E-state index in [9.17, 15) is 0 Å². The van der Waals surface area contributed by atoms with Gasteiger partial charge in [-0.3, -0.25) is 0 Å². The van der Waals surface area contributed by atoms with E-state index in [-0.39, 0.29) is 0 Å². The van der Waals surface area contributed by atoms with Crippen molar-refractivity contribution in [1.29, 1.82) is 0 Å². The first kappa shape index (κ1) is 9.47. The maximum atomic E-state index is 5.72. The third kappa shape index (κ3) is 2.96. The molecule has 0 aromatic carbocycles. The molecule has 2 aliphatic rings. The van der Waals surface area contributed by atoms with E-state index in [1.807, 2.05) is 0 Å². The second kappa shape index (κ2) is 4.97. The molecule has 0 aromatic rings. The topological polar surface area (TPSA) is 21.3 Å². The Hall–Kier alpha value is -0.0800. The zero-order valence-electron chi connectivity index (χ0n) is 8.43. The molecule has 1 saturated heterocycles. The van der Waals surface area contributed by atoms with Crippen LogP contribution in [0.2, 0.25) is 0 Å². The number of rotatable bonds is 2. The molecule has 0 bridgehead atoms. The molecule has 2 nitrogen and oxygen atoms in total. The minimum absolute atomic E-state index is 0.511. The molecule has 1 saturated carbocycles. The van der Waals surface area contributed by atoms with Crippen molar-refractivity contribution in [2.75, 3.05) is 19.7 Å². The first-order valence-electron chi connectivity index (χ1n) is 5.77. The van der Waals surface area contributed by atoms with Crippen LogP contribution in [0.3, 0.4) is 0 Å². The van der Waals surface area contributed by atoms with E-state index < -0.39 is 0 Å². The largest absolute Gasteiger partial charge is 0.376 e. The Kier molecular flexibility index (Phi) is 3.62. The molecule has 1 heterocycles. The molecule has 1 aliphatic heterocycles. The van der Waals surface area contributed by atoms with E-state index in [1.165, 1.54) is 38.5 Å². The van der Waals surface area contributed by atoms with Gasteiger partial charge in [-0.1, -0.05) is 32.1 Å². The minimum atomic E-state index is 0.511. The molecule has 0 aromatic heterocycles. The Morgan fingerprint density at radius 1 is 1.15 bits per heavy atom. The molecule has 0 spiro atoms. The van der Waals surface area contributed by atoms with E-state index in [0.29, 0.717) is 6.10 Å². The zero-order valence-corrected chi connectivity index (χ0v) is 8.43. The van der Waals surface area contributed by atoms with Gasteiger partial charge in [-0.25, -0.2) is 0 Å². The summed E-state index contributed by atoms with van der Waals surface area (Å²) >= 11 is 0. The summed E-state index contributed by atoms with van der Waals surface area (Å²) < 4.78 is 5.72. The van der Waals surface area contributed by atoms with Gasteiger partial charge in [0.15, 0.2) is 0 Å². The Morgan fingerprint density at radius 3 is 2.69 bits per heavy atom. The van der Waals surface area contributed by atoms with Crippen LogP contribution in [-0.2, 0) is 4.74 Å². The molecule has 2 heteroatoms. The van der Waals surface area contributed by atoms with Crippen LogP contribution >= 0.6 is 0 Å². The van der Waals surface area contributed by atoms with Crippen LogP contribution in [0.4, 0.5) is 0 Å². The summed E-state index contributed by atoms with van der Waals surface area (Å²) in [6.07, 6.45) is 9.06. The van der Waals surface area contributed by atoms with Gasteiger partial charge in [-0.2, -0.15) is 0 Å². The van der Waals surface area contributed by atoms with Crippen LogP contribution in [0.15, 0.2) is 0 Å². The summed E-state index contributed by atoms with van der Waals surface area (Å²) in [5.41, 5.74) is 0. The van der Waals surface area contributed by atoms with Crippen molar-refractivity contribution in [2.45, 2.75) is 44.6 Å². The first-order valence-corrected chi connectivity index (χ1v) is 5.77. The number of hydrogen-bond acceptors (Lipinski definition) is 2. The van der Waals surface area contributed by atoms with Crippen LogP contribution < -0.4 is 5.32 Å². The van der Waals surface area contributed by atoms with Crippen LogP contribution in [-0.4, -0.2) is 25.8 Å². The minimum Gasteiger partial charge on any atom is -0.376 e. The van der Waals surface area contributed by atoms with Gasteiger partial charge in [-0.05, 0) is 12.3 Å². The predicted octanol–water partition coefficient (Wildman–Crippen LogP) is 1.95. The molecule has 0 unspecified atom stereocenters. The predicted molar refractivity (Wildman–Crippen MR) is 53.8 cm³/mol. The number of nitrogens with one attached hydrogen (secondary N) is 1. The molecule has 2 rings (SSSR count). The highest BCUT2D eigenvalue weighted by Gasteiger charge is 2.20. The van der Waals surface area contributed by atoms with Crippen LogP contribution in [0.5, 0.6) is 0 Å². The second-order valence-corrected chi connectivity index (χ2v) is 4.44. The highest BCUT2D eigenvalue weighted by atomic mass is 16.5. The summed E-state index contributed by atoms with van der Waals surface area (Å²) in [7, 11) is 0. The highest BCUT2D eigenvalue weighted by molar-refractivity contribution is 4.74. The number of morpholine rings is 1. The van der Waals surface area contributed by atoms with Crippen LogP contribution in [0.25, 0.3) is 0 Å². The van der Waals surface area contributed by atoms with Gasteiger partial charge in [-0.15, -0.1) is 0 Å². The third-order valence-corrected chi connectivity index (χ3v) is 3.33. The lowest BCUT2D eigenvalue weighted by molar-refractivity contribution is 0.0100. The van der Waals surface area contributed by atoms with Gasteiger partial charge in [0, 0.05) is 13.1 Å². The van der Waals surface area contributed by atoms with Crippen molar-refractivity contribution in [3.05, 3.63) is 0 Å². The fourth-order valence-electron chi connectivity index (χ4n) is 2.57. The van der Waals surface area contributed by atoms with Crippen LogP contribution in [0.1, 0.15) is 38.5 Å². The van der Waals surface area contributed by atoms with Crippen molar-refractivity contribution in [3.63, 3.8) is 0 Å². The quantitative estimate of drug-likeness (QED) is 0.706. The van der Waals surface area contributed by atoms with Gasteiger partial charge >= 0.3 is 0 Å². The maximum Gasteiger partial charge on any atom is 0.0702 e. The highest BCUT2D eigenvalue weighted by Crippen LogP contribution is 2.28. The van der Waals surface area contributed by atoms with Crippen molar-refractivity contribution in [1.82, 2.24) is 5.32 Å². The normalized spacial score (nSPS) is 31.8. The Morgan fingerprint density at radius 2 is 2.00 bits per heavy atom. The van der Waals surface area contributed by atoms with Crippen molar-refractivity contribution < 1.29 is 4.74 Å². The maximum absolute atomic E-state index is 5.72. The van der Waals surface area contributed by atoms with Gasteiger partial charge in [0.2, 0.25) is 0 Å². The van der Waals surface area contributed by atoms with Gasteiger partial charge in [0.25, 0.3) is 0 Å². The van der Waals surface area contributed by atoms with Crippen molar-refractivity contribution in [2.24, 2.45) is 5.92 Å². The van der Waals surface area contributed by atoms with Gasteiger partial charge in [0.1, 0.15) is 0 Å². The molecule has 76 valence electrons. The molecule has 13 heavy (non-hydrogen) atoms. The number of hydrogen-bond donors (Lipinski definition) is 1. The van der Waals surface area contributed by atoms with Gasteiger partial charge in [0.05, 0.1) is 12.7 Å². The summed E-state index contributed by atoms with van der Waals surface area (Å²) in [5, 5.41) is 3.40. The summed E-state index contributed by atoms with van der Waals surface area (Å²) in [5.74, 6) is 0.957. The Labute approximate surface area is 81.0 Å². The lowest BCUT2D eigenvalue weighted by Gasteiger charge is -2.29. The molecule has 1 aliphatic carbocycles. The van der Waals surface area contributed by atoms with E-state index in [0.717, 1.165) is 25.6 Å². The summed E-state index contributed by atoms with van der Waals surface area (Å²) in [6, 6.07) is 0. The molecule has 1 atom stereocenters. The zero-order chi connectivity index (χ0) is 8.93. The van der Waals surface area contributed by atoms with E-state index in [1.54, 1.807) is 0 Å². The lowest BCUT2D eigenvalue weighted by Crippen LogP contribution is -2.39. The second-order valence-electron chi connectivity index (χ2n) is 4.44. The van der Waals surface area contributed by atoms with Gasteiger partial charge < -0.3 is 10.1 Å². The third-order valence-electron chi connectivity index (χ3n) is 3.33. The molecule has 0 amide bonds. The number of ether oxygens (including phenoxy) is 1. The SMILES string of the molecule is C1CCC(C[C@@H]2CNCCO2)CC1. The smallest absolute Gasteiger partial charge is 0.0702 e. The fourth-order valence-corrected chi connectivity index (χ4v) is 2.57. The Balaban J connectivity index is 1.69. The molecule has 2 fully saturated rings. The van der Waals surface area contributed by atoms with Crippen LogP contribution in [0, 0.1) is 5.92 Å². The Bertz CT molecular complexity index is 121. The molecule has 1 N–H and O–H groups in total. The molecular weight excluding hydrogens is 162 g/mol. The average Bonchev–Trinajstić information content (AvgIpc) is 2.21. The molecule has 0 radical (unpaired) electrons. The summed E-state index contributed by atoms with van der Waals surface area (Å²) in [6.45, 7) is 3.04. The van der Waals surface area contributed by atoms with E-state index >= 15 is 0 Å². The standard InChI is InChI=1S/C11H21NO/c1-2-4-10(5-3-1)8-11-9-12-6-7-13-11/h10-12H,1-9H2/t11-/m1/s1. The summed E-state index contributed by atoms with van der Waals surface area (Å²) in [4.78, 5) is 0. The van der Waals surface area contributed by atoms with E-state index in [4.69, 9.17) is 4.74 Å². The fraction of sp³-hybridized carbons (Fsp3) is 1.00.